The average molecular weight is 346 g/mol. The molecule has 1 saturated heterocycles. The SMILES string of the molecule is O=C(NC(=S)Nc1ccc(OCC2CCCO2)cc1)c1ccco1. The molecular weight excluding hydrogens is 328 g/mol. The van der Waals surface area contributed by atoms with E-state index in [1.165, 1.54) is 6.26 Å². The van der Waals surface area contributed by atoms with Crippen molar-refractivity contribution in [2.45, 2.75) is 18.9 Å². The molecule has 1 aliphatic rings. The Morgan fingerprint density at radius 1 is 1.29 bits per heavy atom. The van der Waals surface area contributed by atoms with Crippen molar-refractivity contribution >= 4 is 28.9 Å². The first-order chi connectivity index (χ1) is 11.7. The zero-order valence-electron chi connectivity index (χ0n) is 13.0. The minimum atomic E-state index is -0.394. The molecule has 2 heterocycles. The van der Waals surface area contributed by atoms with Gasteiger partial charge in [0.1, 0.15) is 12.4 Å². The molecule has 7 heteroatoms. The van der Waals surface area contributed by atoms with Crippen LogP contribution in [-0.2, 0) is 4.74 Å². The first kappa shape index (κ1) is 16.5. The van der Waals surface area contributed by atoms with Crippen LogP contribution in [0.3, 0.4) is 0 Å². The third-order valence-corrected chi connectivity index (χ3v) is 3.75. The van der Waals surface area contributed by atoms with Crippen LogP contribution in [0, 0.1) is 0 Å². The van der Waals surface area contributed by atoms with Crippen molar-refractivity contribution in [3.05, 3.63) is 48.4 Å². The molecule has 6 nitrogen and oxygen atoms in total. The molecule has 1 aromatic carbocycles. The van der Waals surface area contributed by atoms with Crippen LogP contribution >= 0.6 is 12.2 Å². The zero-order valence-corrected chi connectivity index (χ0v) is 13.8. The lowest BCUT2D eigenvalue weighted by Gasteiger charge is -2.12. The normalized spacial score (nSPS) is 16.6. The molecule has 2 N–H and O–H groups in total. The van der Waals surface area contributed by atoms with Crippen LogP contribution in [0.25, 0.3) is 0 Å². The van der Waals surface area contributed by atoms with Crippen LogP contribution < -0.4 is 15.4 Å². The smallest absolute Gasteiger partial charge is 0.293 e. The highest BCUT2D eigenvalue weighted by Crippen LogP contribution is 2.18. The summed E-state index contributed by atoms with van der Waals surface area (Å²) in [5.74, 6) is 0.577. The number of hydrogen-bond donors (Lipinski definition) is 2. The van der Waals surface area contributed by atoms with Crippen molar-refractivity contribution in [1.29, 1.82) is 0 Å². The number of carbonyl (C=O) groups is 1. The first-order valence-corrected chi connectivity index (χ1v) is 8.12. The average Bonchev–Trinajstić information content (AvgIpc) is 3.28. The second kappa shape index (κ2) is 7.94. The Bertz CT molecular complexity index is 679. The summed E-state index contributed by atoms with van der Waals surface area (Å²) in [6.45, 7) is 1.38. The molecule has 3 rings (SSSR count). The minimum absolute atomic E-state index is 0.187. The molecule has 0 radical (unpaired) electrons. The van der Waals surface area contributed by atoms with E-state index in [-0.39, 0.29) is 17.0 Å². The van der Waals surface area contributed by atoms with Gasteiger partial charge in [0.05, 0.1) is 12.4 Å². The second-order valence-corrected chi connectivity index (χ2v) is 5.76. The molecule has 2 aromatic rings. The largest absolute Gasteiger partial charge is 0.491 e. The van der Waals surface area contributed by atoms with Crippen LogP contribution in [0.5, 0.6) is 5.75 Å². The quantitative estimate of drug-likeness (QED) is 0.811. The number of thiocarbonyl (C=S) groups is 1. The Morgan fingerprint density at radius 2 is 2.12 bits per heavy atom. The lowest BCUT2D eigenvalue weighted by atomic mass is 10.2. The summed E-state index contributed by atoms with van der Waals surface area (Å²) in [5.41, 5.74) is 0.754. The maximum absolute atomic E-state index is 11.8. The standard InChI is InChI=1S/C17H18N2O4S/c20-16(15-4-2-10-22-15)19-17(24)18-12-5-7-13(8-6-12)23-11-14-3-1-9-21-14/h2,4-8,10,14H,1,3,9,11H2,(H2,18,19,20,24). The molecule has 0 bridgehead atoms. The van der Waals surface area contributed by atoms with Crippen molar-refractivity contribution < 1.29 is 18.7 Å². The Hall–Kier alpha value is -2.38. The number of hydrogen-bond acceptors (Lipinski definition) is 5. The van der Waals surface area contributed by atoms with Gasteiger partial charge >= 0.3 is 0 Å². The molecule has 24 heavy (non-hydrogen) atoms. The van der Waals surface area contributed by atoms with Gasteiger partial charge in [0, 0.05) is 12.3 Å². The summed E-state index contributed by atoms with van der Waals surface area (Å²) in [7, 11) is 0. The third kappa shape index (κ3) is 4.56. The van der Waals surface area contributed by atoms with Crippen molar-refractivity contribution in [2.75, 3.05) is 18.5 Å². The van der Waals surface area contributed by atoms with E-state index in [4.69, 9.17) is 26.1 Å². The predicted molar refractivity (Wildman–Crippen MR) is 93.3 cm³/mol. The van der Waals surface area contributed by atoms with Crippen molar-refractivity contribution in [2.24, 2.45) is 0 Å². The summed E-state index contributed by atoms with van der Waals surface area (Å²) < 4.78 is 16.2. The highest BCUT2D eigenvalue weighted by atomic mass is 32.1. The Kier molecular flexibility index (Phi) is 5.45. The summed E-state index contributed by atoms with van der Waals surface area (Å²) in [6.07, 6.45) is 3.76. The summed E-state index contributed by atoms with van der Waals surface area (Å²) in [4.78, 5) is 11.8. The summed E-state index contributed by atoms with van der Waals surface area (Å²) in [5, 5.41) is 5.68. The van der Waals surface area contributed by atoms with Crippen molar-refractivity contribution in [3.8, 4) is 5.75 Å². The maximum atomic E-state index is 11.8. The van der Waals surface area contributed by atoms with Gasteiger partial charge in [-0.25, -0.2) is 0 Å². The van der Waals surface area contributed by atoms with Crippen LogP contribution in [-0.4, -0.2) is 30.3 Å². The van der Waals surface area contributed by atoms with Gasteiger partial charge in [-0.3, -0.25) is 10.1 Å². The Balaban J connectivity index is 1.46. The molecule has 1 aliphatic heterocycles. The molecule has 0 spiro atoms. The van der Waals surface area contributed by atoms with Gasteiger partial charge in [-0.1, -0.05) is 0 Å². The summed E-state index contributed by atoms with van der Waals surface area (Å²) in [6, 6.07) is 10.5. The van der Waals surface area contributed by atoms with E-state index in [9.17, 15) is 4.79 Å². The van der Waals surface area contributed by atoms with Crippen molar-refractivity contribution in [3.63, 3.8) is 0 Å². The van der Waals surface area contributed by atoms with Gasteiger partial charge in [0.2, 0.25) is 0 Å². The van der Waals surface area contributed by atoms with E-state index in [0.717, 1.165) is 30.9 Å². The minimum Gasteiger partial charge on any atom is -0.491 e. The molecule has 1 amide bonds. The number of amides is 1. The first-order valence-electron chi connectivity index (χ1n) is 7.71. The number of carbonyl (C=O) groups excluding carboxylic acids is 1. The van der Waals surface area contributed by atoms with E-state index in [2.05, 4.69) is 10.6 Å². The van der Waals surface area contributed by atoms with E-state index in [0.29, 0.717) is 6.61 Å². The predicted octanol–water partition coefficient (Wildman–Crippen LogP) is 2.96. The molecule has 0 saturated carbocycles. The Morgan fingerprint density at radius 3 is 2.79 bits per heavy atom. The fourth-order valence-electron chi connectivity index (χ4n) is 2.33. The molecule has 1 unspecified atom stereocenters. The van der Waals surface area contributed by atoms with Crippen LogP contribution in [0.4, 0.5) is 5.69 Å². The van der Waals surface area contributed by atoms with Gasteiger partial charge in [0.15, 0.2) is 10.9 Å². The topological polar surface area (TPSA) is 72.7 Å². The highest BCUT2D eigenvalue weighted by Gasteiger charge is 2.16. The highest BCUT2D eigenvalue weighted by molar-refractivity contribution is 7.80. The number of rotatable bonds is 5. The number of ether oxygens (including phenoxy) is 2. The number of furan rings is 1. The molecule has 1 aromatic heterocycles. The van der Waals surface area contributed by atoms with Crippen molar-refractivity contribution in [1.82, 2.24) is 5.32 Å². The lowest BCUT2D eigenvalue weighted by molar-refractivity contribution is 0.0679. The number of nitrogens with one attached hydrogen (secondary N) is 2. The Labute approximate surface area is 145 Å². The van der Waals surface area contributed by atoms with Crippen LogP contribution in [0.2, 0.25) is 0 Å². The summed E-state index contributed by atoms with van der Waals surface area (Å²) >= 11 is 5.11. The van der Waals surface area contributed by atoms with Gasteiger partial charge in [-0.15, -0.1) is 0 Å². The van der Waals surface area contributed by atoms with Gasteiger partial charge < -0.3 is 19.2 Å². The second-order valence-electron chi connectivity index (χ2n) is 5.36. The fraction of sp³-hybridized carbons (Fsp3) is 0.294. The van der Waals surface area contributed by atoms with E-state index >= 15 is 0 Å². The lowest BCUT2D eigenvalue weighted by Crippen LogP contribution is -2.33. The zero-order chi connectivity index (χ0) is 16.8. The maximum Gasteiger partial charge on any atom is 0.293 e. The van der Waals surface area contributed by atoms with E-state index in [1.54, 1.807) is 12.1 Å². The fourth-order valence-corrected chi connectivity index (χ4v) is 2.54. The monoisotopic (exact) mass is 346 g/mol. The number of benzene rings is 1. The van der Waals surface area contributed by atoms with E-state index < -0.39 is 5.91 Å². The molecular formula is C17H18N2O4S. The molecule has 126 valence electrons. The van der Waals surface area contributed by atoms with Gasteiger partial charge in [0.25, 0.3) is 5.91 Å². The van der Waals surface area contributed by atoms with Crippen LogP contribution in [0.15, 0.2) is 47.1 Å². The van der Waals surface area contributed by atoms with Gasteiger partial charge in [-0.05, 0) is 61.5 Å². The number of anilines is 1. The van der Waals surface area contributed by atoms with E-state index in [1.807, 2.05) is 24.3 Å². The van der Waals surface area contributed by atoms with Crippen LogP contribution in [0.1, 0.15) is 23.4 Å². The third-order valence-electron chi connectivity index (χ3n) is 3.54. The van der Waals surface area contributed by atoms with Gasteiger partial charge in [-0.2, -0.15) is 0 Å². The molecule has 1 atom stereocenters. The molecule has 0 aliphatic carbocycles. The molecule has 1 fully saturated rings.